The predicted octanol–water partition coefficient (Wildman–Crippen LogP) is 2.90. The molecule has 0 aliphatic heterocycles. The van der Waals surface area contributed by atoms with Crippen LogP contribution in [0.3, 0.4) is 0 Å². The number of nitrogens with one attached hydrogen (secondary N) is 1. The number of carbonyl (C=O) groups excluding carboxylic acids is 2. The maximum Gasteiger partial charge on any atom is 0.337 e. The van der Waals surface area contributed by atoms with Crippen LogP contribution in [0.1, 0.15) is 56.6 Å². The smallest absolute Gasteiger partial charge is 0.337 e. The Balaban J connectivity index is 1.93. The summed E-state index contributed by atoms with van der Waals surface area (Å²) in [5, 5.41) is 12.3. The molecule has 0 unspecified atom stereocenters. The Hall–Kier alpha value is -3.49. The van der Waals surface area contributed by atoms with E-state index >= 15 is 0 Å². The molecule has 0 aliphatic rings. The van der Waals surface area contributed by atoms with Crippen molar-refractivity contribution in [1.29, 1.82) is 0 Å². The predicted molar refractivity (Wildman–Crippen MR) is 117 cm³/mol. The van der Waals surface area contributed by atoms with Crippen LogP contribution in [-0.4, -0.2) is 38.5 Å². The van der Waals surface area contributed by atoms with Gasteiger partial charge >= 0.3 is 5.97 Å². The molecular weight excluding hydrogens is 398 g/mol. The van der Waals surface area contributed by atoms with Crippen molar-refractivity contribution < 1.29 is 14.3 Å². The summed E-state index contributed by atoms with van der Waals surface area (Å²) in [5.41, 5.74) is 1.24. The third kappa shape index (κ3) is 4.50. The molecule has 0 spiro atoms. The zero-order chi connectivity index (χ0) is 22.9. The number of nitrogens with zero attached hydrogens (tertiary/aromatic N) is 4. The van der Waals surface area contributed by atoms with E-state index in [0.717, 1.165) is 0 Å². The fraction of sp³-hybridized carbons (Fsp3) is 0.409. The van der Waals surface area contributed by atoms with E-state index in [9.17, 15) is 14.4 Å². The molecular formula is C22H27N5O4. The normalized spacial score (nSPS) is 11.7. The number of carbonyl (C=O) groups is 2. The zero-order valence-corrected chi connectivity index (χ0v) is 18.6. The van der Waals surface area contributed by atoms with Crippen molar-refractivity contribution in [3.63, 3.8) is 0 Å². The molecule has 3 aromatic rings. The second-order valence-corrected chi connectivity index (χ2v) is 8.61. The molecule has 0 saturated heterocycles. The fourth-order valence-corrected chi connectivity index (χ4v) is 3.28. The van der Waals surface area contributed by atoms with Crippen molar-refractivity contribution >= 4 is 28.5 Å². The molecule has 2 heterocycles. The van der Waals surface area contributed by atoms with Crippen LogP contribution >= 0.6 is 0 Å². The molecule has 9 heteroatoms. The van der Waals surface area contributed by atoms with Gasteiger partial charge in [-0.2, -0.15) is 10.2 Å². The Kier molecular flexibility index (Phi) is 5.97. The lowest BCUT2D eigenvalue weighted by Crippen LogP contribution is -2.34. The molecule has 2 aromatic heterocycles. The first kappa shape index (κ1) is 22.2. The van der Waals surface area contributed by atoms with Gasteiger partial charge < -0.3 is 10.1 Å². The SMILES string of the molecule is COC(=O)c1ccc(NC(=O)Cn2nc(C(C)C)c3cnn(C(C)(C)C)c3c2=O)cc1. The monoisotopic (exact) mass is 425 g/mol. The van der Waals surface area contributed by atoms with Gasteiger partial charge in [-0.3, -0.25) is 14.3 Å². The highest BCUT2D eigenvalue weighted by molar-refractivity contribution is 5.93. The fourth-order valence-electron chi connectivity index (χ4n) is 3.28. The van der Waals surface area contributed by atoms with Crippen molar-refractivity contribution in [3.05, 3.63) is 52.1 Å². The minimum absolute atomic E-state index is 0.0425. The quantitative estimate of drug-likeness (QED) is 0.630. The Morgan fingerprint density at radius 2 is 1.81 bits per heavy atom. The van der Waals surface area contributed by atoms with Gasteiger partial charge in [-0.1, -0.05) is 13.8 Å². The molecule has 31 heavy (non-hydrogen) atoms. The third-order valence-electron chi connectivity index (χ3n) is 4.78. The maximum atomic E-state index is 13.2. The number of ether oxygens (including phenoxy) is 1. The van der Waals surface area contributed by atoms with Crippen LogP contribution in [0.5, 0.6) is 0 Å². The number of anilines is 1. The molecule has 0 bridgehead atoms. The molecule has 1 aromatic carbocycles. The number of hydrogen-bond acceptors (Lipinski definition) is 6. The third-order valence-corrected chi connectivity index (χ3v) is 4.78. The van der Waals surface area contributed by atoms with Crippen LogP contribution in [0.4, 0.5) is 5.69 Å². The van der Waals surface area contributed by atoms with Crippen molar-refractivity contribution in [3.8, 4) is 0 Å². The van der Waals surface area contributed by atoms with Crippen LogP contribution in [0.25, 0.3) is 10.9 Å². The summed E-state index contributed by atoms with van der Waals surface area (Å²) >= 11 is 0. The van der Waals surface area contributed by atoms with Crippen molar-refractivity contribution in [2.75, 3.05) is 12.4 Å². The van der Waals surface area contributed by atoms with E-state index in [4.69, 9.17) is 0 Å². The highest BCUT2D eigenvalue weighted by Gasteiger charge is 2.24. The molecule has 0 fully saturated rings. The number of rotatable bonds is 5. The molecule has 9 nitrogen and oxygen atoms in total. The summed E-state index contributed by atoms with van der Waals surface area (Å²) in [5.74, 6) is -0.823. The largest absolute Gasteiger partial charge is 0.465 e. The highest BCUT2D eigenvalue weighted by Crippen LogP contribution is 2.24. The van der Waals surface area contributed by atoms with Crippen LogP contribution in [0.2, 0.25) is 0 Å². The topological polar surface area (TPSA) is 108 Å². The van der Waals surface area contributed by atoms with E-state index in [1.165, 1.54) is 11.8 Å². The number of esters is 1. The molecule has 164 valence electrons. The molecule has 0 atom stereocenters. The van der Waals surface area contributed by atoms with Gasteiger partial charge in [0, 0.05) is 11.1 Å². The molecule has 1 N–H and O–H groups in total. The number of amides is 1. The van der Waals surface area contributed by atoms with Crippen LogP contribution in [0.15, 0.2) is 35.3 Å². The van der Waals surface area contributed by atoms with Crippen LogP contribution < -0.4 is 10.9 Å². The Morgan fingerprint density at radius 3 is 2.35 bits per heavy atom. The molecule has 0 aliphatic carbocycles. The average molecular weight is 425 g/mol. The van der Waals surface area contributed by atoms with Crippen LogP contribution in [0, 0.1) is 0 Å². The second kappa shape index (κ2) is 8.33. The van der Waals surface area contributed by atoms with Crippen molar-refractivity contribution in [2.24, 2.45) is 0 Å². The number of fused-ring (bicyclic) bond motifs is 1. The second-order valence-electron chi connectivity index (χ2n) is 8.61. The first-order chi connectivity index (χ1) is 14.5. The lowest BCUT2D eigenvalue weighted by atomic mass is 10.1. The zero-order valence-electron chi connectivity index (χ0n) is 18.6. The average Bonchev–Trinajstić information content (AvgIpc) is 3.15. The number of aromatic nitrogens is 4. The van der Waals surface area contributed by atoms with E-state index in [1.54, 1.807) is 35.1 Å². The summed E-state index contributed by atoms with van der Waals surface area (Å²) in [4.78, 5) is 37.3. The lowest BCUT2D eigenvalue weighted by molar-refractivity contribution is -0.117. The van der Waals surface area contributed by atoms with E-state index < -0.39 is 17.4 Å². The van der Waals surface area contributed by atoms with E-state index in [2.05, 4.69) is 20.3 Å². The molecule has 3 rings (SSSR count). The minimum atomic E-state index is -0.460. The van der Waals surface area contributed by atoms with Gasteiger partial charge in [0.25, 0.3) is 5.56 Å². The van der Waals surface area contributed by atoms with Crippen molar-refractivity contribution in [2.45, 2.75) is 52.6 Å². The minimum Gasteiger partial charge on any atom is -0.465 e. The van der Waals surface area contributed by atoms with Gasteiger partial charge in [-0.05, 0) is 51.0 Å². The van der Waals surface area contributed by atoms with Gasteiger partial charge in [0.1, 0.15) is 12.1 Å². The molecule has 0 saturated carbocycles. The van der Waals surface area contributed by atoms with Crippen molar-refractivity contribution in [1.82, 2.24) is 19.6 Å². The number of hydrogen-bond donors (Lipinski definition) is 1. The van der Waals surface area contributed by atoms with E-state index in [-0.39, 0.29) is 18.0 Å². The summed E-state index contributed by atoms with van der Waals surface area (Å²) in [6.07, 6.45) is 1.66. The lowest BCUT2D eigenvalue weighted by Gasteiger charge is -2.21. The number of benzene rings is 1. The molecule has 0 radical (unpaired) electrons. The summed E-state index contributed by atoms with van der Waals surface area (Å²) in [6, 6.07) is 6.29. The highest BCUT2D eigenvalue weighted by atomic mass is 16.5. The summed E-state index contributed by atoms with van der Waals surface area (Å²) < 4.78 is 7.52. The summed E-state index contributed by atoms with van der Waals surface area (Å²) in [6.45, 7) is 9.60. The first-order valence-corrected chi connectivity index (χ1v) is 10.0. The van der Waals surface area contributed by atoms with Gasteiger partial charge in [0.2, 0.25) is 5.91 Å². The van der Waals surface area contributed by atoms with Gasteiger partial charge in [0.15, 0.2) is 0 Å². The van der Waals surface area contributed by atoms with Crippen LogP contribution in [-0.2, 0) is 21.6 Å². The first-order valence-electron chi connectivity index (χ1n) is 10.0. The van der Waals surface area contributed by atoms with Gasteiger partial charge in [-0.25, -0.2) is 9.48 Å². The maximum absolute atomic E-state index is 13.2. The van der Waals surface area contributed by atoms with Gasteiger partial charge in [-0.15, -0.1) is 0 Å². The van der Waals surface area contributed by atoms with Gasteiger partial charge in [0.05, 0.1) is 30.1 Å². The molecule has 1 amide bonds. The Morgan fingerprint density at radius 1 is 1.16 bits per heavy atom. The number of methoxy groups -OCH3 is 1. The van der Waals surface area contributed by atoms with E-state index in [1.807, 2.05) is 34.6 Å². The summed E-state index contributed by atoms with van der Waals surface area (Å²) in [7, 11) is 1.30. The Labute approximate surface area is 180 Å². The standard InChI is InChI=1S/C22H27N5O4/c1-13(2)18-16-11-23-27(22(3,4)5)19(16)20(29)26(25-18)12-17(28)24-15-9-7-14(8-10-15)21(30)31-6/h7-11,13H,12H2,1-6H3,(H,24,28). The van der Waals surface area contributed by atoms with E-state index in [0.29, 0.717) is 27.8 Å². The Bertz CT molecular complexity index is 1180.